The summed E-state index contributed by atoms with van der Waals surface area (Å²) in [6.45, 7) is 11.2. The average molecular weight is 221 g/mol. The number of aliphatic hydroxyl groups is 1. The van der Waals surface area contributed by atoms with E-state index >= 15 is 0 Å². The standard InChI is InChI=1S/C10H23NO2S/c1-8(7-10(5,6)12)11-14(13)9(2,3)4/h8,11-12H,7H2,1-6H3. The second kappa shape index (κ2) is 4.73. The lowest BCUT2D eigenvalue weighted by molar-refractivity contribution is 0.0639. The third-order valence-corrected chi connectivity index (χ3v) is 3.40. The maximum Gasteiger partial charge on any atom is 0.0972 e. The highest BCUT2D eigenvalue weighted by atomic mass is 32.2. The van der Waals surface area contributed by atoms with E-state index in [0.29, 0.717) is 6.42 Å². The highest BCUT2D eigenvalue weighted by Gasteiger charge is 2.23. The lowest BCUT2D eigenvalue weighted by Gasteiger charge is -2.26. The van der Waals surface area contributed by atoms with Crippen molar-refractivity contribution in [2.24, 2.45) is 0 Å². The first-order chi connectivity index (χ1) is 6.02. The van der Waals surface area contributed by atoms with E-state index in [1.165, 1.54) is 0 Å². The molecule has 4 heteroatoms. The minimum atomic E-state index is -1.06. The topological polar surface area (TPSA) is 49.3 Å². The van der Waals surface area contributed by atoms with Gasteiger partial charge in [0, 0.05) is 6.04 Å². The molecule has 2 atom stereocenters. The van der Waals surface area contributed by atoms with E-state index in [1.54, 1.807) is 13.8 Å². The fourth-order valence-electron chi connectivity index (χ4n) is 1.15. The van der Waals surface area contributed by atoms with Crippen molar-refractivity contribution < 1.29 is 9.32 Å². The van der Waals surface area contributed by atoms with Gasteiger partial charge in [0.15, 0.2) is 0 Å². The largest absolute Gasteiger partial charge is 0.390 e. The normalized spacial score (nSPS) is 17.9. The molecule has 2 unspecified atom stereocenters. The van der Waals surface area contributed by atoms with E-state index in [2.05, 4.69) is 4.72 Å². The molecule has 0 aromatic rings. The van der Waals surface area contributed by atoms with Crippen molar-refractivity contribution in [1.82, 2.24) is 4.72 Å². The van der Waals surface area contributed by atoms with E-state index in [0.717, 1.165) is 0 Å². The summed E-state index contributed by atoms with van der Waals surface area (Å²) < 4.78 is 14.4. The zero-order valence-electron chi connectivity index (χ0n) is 10.0. The smallest absolute Gasteiger partial charge is 0.0972 e. The molecule has 3 nitrogen and oxygen atoms in total. The zero-order chi connectivity index (χ0) is 11.6. The van der Waals surface area contributed by atoms with Crippen LogP contribution in [-0.4, -0.2) is 25.7 Å². The van der Waals surface area contributed by atoms with E-state index in [1.807, 2.05) is 27.7 Å². The maximum absolute atomic E-state index is 11.7. The lowest BCUT2D eigenvalue weighted by Crippen LogP contribution is -2.41. The average Bonchev–Trinajstić information content (AvgIpc) is 1.79. The fourth-order valence-corrected chi connectivity index (χ4v) is 1.95. The van der Waals surface area contributed by atoms with Crippen molar-refractivity contribution in [1.29, 1.82) is 0 Å². The van der Waals surface area contributed by atoms with Crippen molar-refractivity contribution in [3.05, 3.63) is 0 Å². The molecule has 0 rings (SSSR count). The first-order valence-electron chi connectivity index (χ1n) is 4.93. The van der Waals surface area contributed by atoms with E-state index in [9.17, 15) is 9.32 Å². The van der Waals surface area contributed by atoms with Crippen LogP contribution in [0.1, 0.15) is 48.0 Å². The second-order valence-electron chi connectivity index (χ2n) is 5.42. The van der Waals surface area contributed by atoms with Gasteiger partial charge in [0.05, 0.1) is 21.3 Å². The molecule has 2 N–H and O–H groups in total. The molecule has 0 amide bonds. The summed E-state index contributed by atoms with van der Waals surface area (Å²) in [5.41, 5.74) is -0.714. The monoisotopic (exact) mass is 221 g/mol. The predicted octanol–water partition coefficient (Wildman–Crippen LogP) is 1.59. The van der Waals surface area contributed by atoms with Gasteiger partial charge in [0.1, 0.15) is 0 Å². The molecule has 0 saturated heterocycles. The molecule has 86 valence electrons. The number of nitrogens with one attached hydrogen (secondary N) is 1. The molecule has 0 spiro atoms. The SMILES string of the molecule is CC(CC(C)(C)O)NS(=O)C(C)(C)C. The van der Waals surface area contributed by atoms with Crippen molar-refractivity contribution >= 4 is 11.0 Å². The molecule has 0 aromatic heterocycles. The summed E-state index contributed by atoms with van der Waals surface area (Å²) in [6, 6.07) is 0.0510. The molecule has 0 bridgehead atoms. The second-order valence-corrected chi connectivity index (χ2v) is 7.41. The third kappa shape index (κ3) is 6.51. The summed E-state index contributed by atoms with van der Waals surface area (Å²) >= 11 is 0. The predicted molar refractivity (Wildman–Crippen MR) is 61.4 cm³/mol. The van der Waals surface area contributed by atoms with E-state index in [4.69, 9.17) is 0 Å². The summed E-state index contributed by atoms with van der Waals surface area (Å²) in [6.07, 6.45) is 0.592. The Morgan fingerprint density at radius 2 is 1.71 bits per heavy atom. The molecule has 0 radical (unpaired) electrons. The highest BCUT2D eigenvalue weighted by molar-refractivity contribution is 7.84. The van der Waals surface area contributed by atoms with Crippen LogP contribution in [0, 0.1) is 0 Å². The molecule has 0 aliphatic heterocycles. The fraction of sp³-hybridized carbons (Fsp3) is 1.00. The van der Waals surface area contributed by atoms with Crippen LogP contribution in [0.5, 0.6) is 0 Å². The molecule has 14 heavy (non-hydrogen) atoms. The Morgan fingerprint density at radius 1 is 1.29 bits per heavy atom. The van der Waals surface area contributed by atoms with Gasteiger partial charge in [-0.3, -0.25) is 0 Å². The number of rotatable bonds is 4. The molecule has 0 saturated carbocycles. The molecule has 0 aromatic carbocycles. The Hall–Kier alpha value is 0.0700. The first kappa shape index (κ1) is 14.1. The van der Waals surface area contributed by atoms with E-state index in [-0.39, 0.29) is 10.8 Å². The molecule has 0 aliphatic carbocycles. The van der Waals surface area contributed by atoms with Crippen molar-refractivity contribution in [3.63, 3.8) is 0 Å². The Bertz CT molecular complexity index is 203. The van der Waals surface area contributed by atoms with Crippen LogP contribution in [0.3, 0.4) is 0 Å². The zero-order valence-corrected chi connectivity index (χ0v) is 10.9. The first-order valence-corrected chi connectivity index (χ1v) is 6.08. The lowest BCUT2D eigenvalue weighted by atomic mass is 10.0. The van der Waals surface area contributed by atoms with Crippen molar-refractivity contribution in [2.45, 2.75) is 64.4 Å². The van der Waals surface area contributed by atoms with Crippen LogP contribution < -0.4 is 4.72 Å². The van der Waals surface area contributed by atoms with Gasteiger partial charge in [-0.25, -0.2) is 8.93 Å². The minimum absolute atomic E-state index is 0.0510. The Morgan fingerprint density at radius 3 is 2.00 bits per heavy atom. The Balaban J connectivity index is 4.09. The van der Waals surface area contributed by atoms with Crippen LogP contribution in [0.4, 0.5) is 0 Å². The van der Waals surface area contributed by atoms with Gasteiger partial charge in [-0.05, 0) is 48.0 Å². The van der Waals surface area contributed by atoms with Gasteiger partial charge in [0.2, 0.25) is 0 Å². The molecular weight excluding hydrogens is 198 g/mol. The Kier molecular flexibility index (Phi) is 4.75. The summed E-state index contributed by atoms with van der Waals surface area (Å²) in [4.78, 5) is 0. The molecule has 0 fully saturated rings. The third-order valence-electron chi connectivity index (χ3n) is 1.67. The van der Waals surface area contributed by atoms with Crippen LogP contribution in [-0.2, 0) is 11.0 Å². The summed E-state index contributed by atoms with van der Waals surface area (Å²) in [5.74, 6) is 0. The van der Waals surface area contributed by atoms with Crippen LogP contribution >= 0.6 is 0 Å². The van der Waals surface area contributed by atoms with Crippen LogP contribution in [0.25, 0.3) is 0 Å². The minimum Gasteiger partial charge on any atom is -0.390 e. The van der Waals surface area contributed by atoms with Gasteiger partial charge < -0.3 is 5.11 Å². The molecule has 0 aliphatic rings. The van der Waals surface area contributed by atoms with Gasteiger partial charge in [-0.1, -0.05) is 0 Å². The maximum atomic E-state index is 11.7. The quantitative estimate of drug-likeness (QED) is 0.757. The van der Waals surface area contributed by atoms with E-state index < -0.39 is 16.6 Å². The van der Waals surface area contributed by atoms with Gasteiger partial charge >= 0.3 is 0 Å². The molecular formula is C10H23NO2S. The number of hydrogen-bond acceptors (Lipinski definition) is 2. The highest BCUT2D eigenvalue weighted by Crippen LogP contribution is 2.14. The number of hydrogen-bond donors (Lipinski definition) is 2. The van der Waals surface area contributed by atoms with Crippen molar-refractivity contribution in [3.8, 4) is 0 Å². The van der Waals surface area contributed by atoms with Gasteiger partial charge in [-0.15, -0.1) is 0 Å². The molecule has 0 heterocycles. The van der Waals surface area contributed by atoms with Crippen LogP contribution in [0.15, 0.2) is 0 Å². The van der Waals surface area contributed by atoms with Gasteiger partial charge in [0.25, 0.3) is 0 Å². The summed E-state index contributed by atoms with van der Waals surface area (Å²) in [7, 11) is -1.06. The van der Waals surface area contributed by atoms with Crippen molar-refractivity contribution in [2.75, 3.05) is 0 Å². The van der Waals surface area contributed by atoms with Crippen LogP contribution in [0.2, 0.25) is 0 Å². The Labute approximate surface area is 89.9 Å². The summed E-state index contributed by atoms with van der Waals surface area (Å²) in [5, 5.41) is 9.56. The van der Waals surface area contributed by atoms with Gasteiger partial charge in [-0.2, -0.15) is 0 Å².